The minimum absolute atomic E-state index is 0.0463. The van der Waals surface area contributed by atoms with Crippen LogP contribution in [0.5, 0.6) is 0 Å². The van der Waals surface area contributed by atoms with Crippen LogP contribution in [0.1, 0.15) is 26.2 Å². The Kier molecular flexibility index (Phi) is 8.91. The highest BCUT2D eigenvalue weighted by atomic mass is 32.2. The van der Waals surface area contributed by atoms with Crippen LogP contribution >= 0.6 is 11.8 Å². The van der Waals surface area contributed by atoms with Crippen LogP contribution < -0.4 is 16.4 Å². The van der Waals surface area contributed by atoms with E-state index in [0.29, 0.717) is 31.6 Å². The molecule has 0 spiro atoms. The summed E-state index contributed by atoms with van der Waals surface area (Å²) in [6.45, 7) is 2.66. The molecule has 0 radical (unpaired) electrons. The van der Waals surface area contributed by atoms with Gasteiger partial charge in [-0.05, 0) is 56.0 Å². The summed E-state index contributed by atoms with van der Waals surface area (Å²) in [5.74, 6) is -0.224. The van der Waals surface area contributed by atoms with E-state index >= 15 is 0 Å². The van der Waals surface area contributed by atoms with E-state index in [4.69, 9.17) is 0 Å². The third-order valence-electron chi connectivity index (χ3n) is 5.06. The molecule has 160 valence electrons. The van der Waals surface area contributed by atoms with Gasteiger partial charge in [0.2, 0.25) is 11.8 Å². The van der Waals surface area contributed by atoms with Gasteiger partial charge in [-0.15, -0.1) is 0 Å². The second-order valence-corrected chi connectivity index (χ2v) is 8.29. The third kappa shape index (κ3) is 7.01. The highest BCUT2D eigenvalue weighted by Gasteiger charge is 2.31. The van der Waals surface area contributed by atoms with E-state index in [9.17, 15) is 18.8 Å². The minimum Gasteiger partial charge on any atom is -0.347 e. The molecule has 0 aromatic heterocycles. The molecule has 3 amide bonds. The summed E-state index contributed by atoms with van der Waals surface area (Å²) >= 11 is 1.69. The van der Waals surface area contributed by atoms with E-state index in [-0.39, 0.29) is 35.5 Å². The van der Waals surface area contributed by atoms with Crippen LogP contribution in [0.4, 0.5) is 10.1 Å². The first-order valence-corrected chi connectivity index (χ1v) is 11.2. The van der Waals surface area contributed by atoms with Gasteiger partial charge < -0.3 is 21.3 Å². The molecule has 0 unspecified atom stereocenters. The van der Waals surface area contributed by atoms with Crippen molar-refractivity contribution in [3.8, 4) is 0 Å². The van der Waals surface area contributed by atoms with Crippen molar-refractivity contribution in [2.45, 2.75) is 38.3 Å². The summed E-state index contributed by atoms with van der Waals surface area (Å²) in [4.78, 5) is 38.9. The number of piperidine rings is 1. The number of likely N-dealkylation sites (tertiary alicyclic amines) is 1. The van der Waals surface area contributed by atoms with E-state index < -0.39 is 6.04 Å². The SMILES string of the molecule is CSCC[C@H]([NH3+])C(=O)N1CCC(C(=O)N[C@H](C)C(=O)Nc2ccc(F)cc2)CC1. The average molecular weight is 426 g/mol. The summed E-state index contributed by atoms with van der Waals surface area (Å²) in [5.41, 5.74) is 4.42. The molecule has 1 aromatic carbocycles. The molecule has 2 rings (SSSR count). The molecule has 7 nitrogen and oxygen atoms in total. The van der Waals surface area contributed by atoms with Crippen molar-refractivity contribution in [3.63, 3.8) is 0 Å². The van der Waals surface area contributed by atoms with Gasteiger partial charge in [-0.1, -0.05) is 0 Å². The zero-order chi connectivity index (χ0) is 21.4. The maximum atomic E-state index is 12.9. The summed E-state index contributed by atoms with van der Waals surface area (Å²) < 4.78 is 12.9. The van der Waals surface area contributed by atoms with Crippen molar-refractivity contribution in [2.24, 2.45) is 5.92 Å². The van der Waals surface area contributed by atoms with Gasteiger partial charge in [-0.2, -0.15) is 11.8 Å². The van der Waals surface area contributed by atoms with Gasteiger partial charge in [0.1, 0.15) is 11.9 Å². The zero-order valence-corrected chi connectivity index (χ0v) is 17.8. The lowest BCUT2D eigenvalue weighted by Crippen LogP contribution is -2.68. The van der Waals surface area contributed by atoms with Gasteiger partial charge in [0.05, 0.1) is 0 Å². The van der Waals surface area contributed by atoms with E-state index in [0.717, 1.165) is 12.2 Å². The number of nitrogens with zero attached hydrogens (tertiary/aromatic N) is 1. The predicted octanol–water partition coefficient (Wildman–Crippen LogP) is 0.871. The lowest BCUT2D eigenvalue weighted by molar-refractivity contribution is -0.406. The van der Waals surface area contributed by atoms with Crippen LogP contribution in [0, 0.1) is 11.7 Å². The molecule has 1 saturated heterocycles. The fraction of sp³-hybridized carbons (Fsp3) is 0.550. The molecule has 1 heterocycles. The zero-order valence-electron chi connectivity index (χ0n) is 16.9. The first kappa shape index (κ1) is 23.2. The van der Waals surface area contributed by atoms with E-state index in [1.54, 1.807) is 23.6 Å². The molecule has 2 atom stereocenters. The Morgan fingerprint density at radius 3 is 2.45 bits per heavy atom. The maximum Gasteiger partial charge on any atom is 0.280 e. The molecule has 1 aromatic rings. The summed E-state index contributed by atoms with van der Waals surface area (Å²) in [7, 11) is 0. The summed E-state index contributed by atoms with van der Waals surface area (Å²) in [6.07, 6.45) is 3.89. The van der Waals surface area contributed by atoms with Gasteiger partial charge in [0.15, 0.2) is 6.04 Å². The molecule has 1 aliphatic rings. The quantitative estimate of drug-likeness (QED) is 0.575. The van der Waals surface area contributed by atoms with Gasteiger partial charge in [0.25, 0.3) is 5.91 Å². The second-order valence-electron chi connectivity index (χ2n) is 7.30. The molecule has 29 heavy (non-hydrogen) atoms. The lowest BCUT2D eigenvalue weighted by atomic mass is 9.95. The van der Waals surface area contributed by atoms with Crippen LogP contribution in [0.3, 0.4) is 0 Å². The van der Waals surface area contributed by atoms with Crippen LogP contribution in [-0.4, -0.2) is 59.8 Å². The standard InChI is InChI=1S/C20H29FN4O3S/c1-13(18(26)24-16-5-3-15(21)4-6-16)23-19(27)14-7-10-25(11-8-14)20(28)17(22)9-12-29-2/h3-6,13-14,17H,7-12,22H2,1-2H3,(H,23,27)(H,24,26)/p+1/t13-,17+/m1/s1. The van der Waals surface area contributed by atoms with Crippen molar-refractivity contribution >= 4 is 35.2 Å². The highest BCUT2D eigenvalue weighted by Crippen LogP contribution is 2.18. The summed E-state index contributed by atoms with van der Waals surface area (Å²) in [6, 6.07) is 4.47. The number of hydrogen-bond acceptors (Lipinski definition) is 4. The first-order valence-electron chi connectivity index (χ1n) is 9.79. The highest BCUT2D eigenvalue weighted by molar-refractivity contribution is 7.98. The Morgan fingerprint density at radius 1 is 1.24 bits per heavy atom. The minimum atomic E-state index is -0.719. The number of benzene rings is 1. The largest absolute Gasteiger partial charge is 0.347 e. The number of nitrogens with one attached hydrogen (secondary N) is 2. The Morgan fingerprint density at radius 2 is 1.86 bits per heavy atom. The number of halogens is 1. The van der Waals surface area contributed by atoms with Crippen molar-refractivity contribution in [1.29, 1.82) is 0 Å². The van der Waals surface area contributed by atoms with Gasteiger partial charge in [-0.25, -0.2) is 4.39 Å². The van der Waals surface area contributed by atoms with Gasteiger partial charge >= 0.3 is 0 Å². The molecular formula is C20H30FN4O3S+. The van der Waals surface area contributed by atoms with Crippen molar-refractivity contribution in [2.75, 3.05) is 30.4 Å². The number of carbonyl (C=O) groups is 3. The van der Waals surface area contributed by atoms with Crippen LogP contribution in [0.25, 0.3) is 0 Å². The number of anilines is 1. The molecular weight excluding hydrogens is 395 g/mol. The van der Waals surface area contributed by atoms with Gasteiger partial charge in [0, 0.05) is 31.1 Å². The molecule has 0 bridgehead atoms. The maximum absolute atomic E-state index is 12.9. The van der Waals surface area contributed by atoms with Gasteiger partial charge in [-0.3, -0.25) is 14.4 Å². The number of rotatable bonds is 8. The van der Waals surface area contributed by atoms with Crippen LogP contribution in [-0.2, 0) is 14.4 Å². The average Bonchev–Trinajstić information content (AvgIpc) is 2.73. The van der Waals surface area contributed by atoms with Crippen LogP contribution in [0.2, 0.25) is 0 Å². The fourth-order valence-electron chi connectivity index (χ4n) is 3.18. The predicted molar refractivity (Wildman–Crippen MR) is 112 cm³/mol. The molecule has 9 heteroatoms. The van der Waals surface area contributed by atoms with Crippen molar-refractivity contribution in [3.05, 3.63) is 30.1 Å². The number of amides is 3. The first-order chi connectivity index (χ1) is 13.8. The third-order valence-corrected chi connectivity index (χ3v) is 5.70. The Labute approximate surface area is 175 Å². The van der Waals surface area contributed by atoms with E-state index in [1.807, 2.05) is 6.26 Å². The monoisotopic (exact) mass is 425 g/mol. The fourth-order valence-corrected chi connectivity index (χ4v) is 3.70. The van der Waals surface area contributed by atoms with Crippen molar-refractivity contribution in [1.82, 2.24) is 10.2 Å². The molecule has 0 aliphatic carbocycles. The van der Waals surface area contributed by atoms with E-state index in [1.165, 1.54) is 24.3 Å². The Bertz CT molecular complexity index is 708. The smallest absolute Gasteiger partial charge is 0.280 e. The number of thioether (sulfide) groups is 1. The Balaban J connectivity index is 1.77. The number of hydrogen-bond donors (Lipinski definition) is 3. The normalized spacial score (nSPS) is 16.8. The molecule has 1 fully saturated rings. The Hall–Kier alpha value is -2.13. The van der Waals surface area contributed by atoms with E-state index in [2.05, 4.69) is 16.4 Å². The molecule has 0 saturated carbocycles. The lowest BCUT2D eigenvalue weighted by Gasteiger charge is -2.32. The van der Waals surface area contributed by atoms with Crippen LogP contribution in [0.15, 0.2) is 24.3 Å². The number of carbonyl (C=O) groups excluding carboxylic acids is 3. The molecule has 1 aliphatic heterocycles. The second kappa shape index (κ2) is 11.2. The van der Waals surface area contributed by atoms with Crippen molar-refractivity contribution < 1.29 is 24.5 Å². The topological polar surface area (TPSA) is 106 Å². The number of quaternary nitrogens is 1. The molecule has 5 N–H and O–H groups in total. The summed E-state index contributed by atoms with van der Waals surface area (Å²) in [5, 5.41) is 5.38.